The average molecular weight is 305 g/mol. The lowest BCUT2D eigenvalue weighted by Gasteiger charge is -2.11. The van der Waals surface area contributed by atoms with E-state index in [4.69, 9.17) is 9.57 Å². The van der Waals surface area contributed by atoms with Gasteiger partial charge >= 0.3 is 5.97 Å². The average Bonchev–Trinajstić information content (AvgIpc) is 2.54. The lowest BCUT2D eigenvalue weighted by Crippen LogP contribution is -2.11. The van der Waals surface area contributed by atoms with E-state index in [0.717, 1.165) is 17.5 Å². The van der Waals surface area contributed by atoms with Crippen LogP contribution in [0.2, 0.25) is 0 Å². The van der Waals surface area contributed by atoms with Crippen LogP contribution in [0.3, 0.4) is 0 Å². The van der Waals surface area contributed by atoms with Crippen molar-refractivity contribution in [3.8, 4) is 5.75 Å². The second-order valence-electron chi connectivity index (χ2n) is 4.67. The number of hydrogen-bond donors (Lipinski definition) is 0. The minimum Gasteiger partial charge on any atom is -0.463 e. The van der Waals surface area contributed by atoms with Crippen molar-refractivity contribution in [2.75, 3.05) is 13.7 Å². The summed E-state index contributed by atoms with van der Waals surface area (Å²) in [5, 5.41) is 3.88. The largest absolute Gasteiger partial charge is 0.463 e. The van der Waals surface area contributed by atoms with E-state index in [1.54, 1.807) is 19.2 Å². The standard InChI is InChI=1S/C17H23NO4/c1-5-11-21-18-10-9-14-8-7-13(3)16(12-14)22-15(6-2)17(19)20-4/h6-8,10,12H,5,9,11H2,1-4H3. The van der Waals surface area contributed by atoms with Gasteiger partial charge in [-0.15, -0.1) is 0 Å². The molecule has 0 fully saturated rings. The molecule has 0 aromatic heterocycles. The third-order valence-electron chi connectivity index (χ3n) is 2.89. The maximum atomic E-state index is 11.6. The van der Waals surface area contributed by atoms with E-state index >= 15 is 0 Å². The van der Waals surface area contributed by atoms with Gasteiger partial charge in [0.1, 0.15) is 12.4 Å². The zero-order valence-electron chi connectivity index (χ0n) is 13.6. The highest BCUT2D eigenvalue weighted by Crippen LogP contribution is 2.22. The first-order chi connectivity index (χ1) is 10.6. The van der Waals surface area contributed by atoms with Gasteiger partial charge in [-0.05, 0) is 43.5 Å². The van der Waals surface area contributed by atoms with Crippen molar-refractivity contribution < 1.29 is 19.1 Å². The first-order valence-corrected chi connectivity index (χ1v) is 7.28. The van der Waals surface area contributed by atoms with Gasteiger partial charge in [0.15, 0.2) is 0 Å². The van der Waals surface area contributed by atoms with E-state index in [-0.39, 0.29) is 5.76 Å². The predicted molar refractivity (Wildman–Crippen MR) is 86.0 cm³/mol. The first kappa shape index (κ1) is 17.8. The zero-order valence-corrected chi connectivity index (χ0v) is 13.6. The number of carbonyl (C=O) groups is 1. The van der Waals surface area contributed by atoms with Gasteiger partial charge < -0.3 is 14.3 Å². The molecular formula is C17H23NO4. The molecule has 0 aliphatic carbocycles. The highest BCUT2D eigenvalue weighted by atomic mass is 16.6. The molecule has 120 valence electrons. The minimum absolute atomic E-state index is 0.169. The first-order valence-electron chi connectivity index (χ1n) is 7.28. The third-order valence-corrected chi connectivity index (χ3v) is 2.89. The molecule has 0 heterocycles. The van der Waals surface area contributed by atoms with Crippen molar-refractivity contribution >= 4 is 12.2 Å². The summed E-state index contributed by atoms with van der Waals surface area (Å²) in [6.45, 7) is 6.28. The van der Waals surface area contributed by atoms with Crippen molar-refractivity contribution in [2.24, 2.45) is 5.16 Å². The number of ether oxygens (including phenoxy) is 2. The normalized spacial score (nSPS) is 11.5. The molecule has 5 nitrogen and oxygen atoms in total. The van der Waals surface area contributed by atoms with Crippen LogP contribution in [0.4, 0.5) is 0 Å². The molecule has 0 N–H and O–H groups in total. The van der Waals surface area contributed by atoms with Gasteiger partial charge in [-0.1, -0.05) is 24.2 Å². The Balaban J connectivity index is 2.77. The molecule has 0 atom stereocenters. The molecule has 0 amide bonds. The van der Waals surface area contributed by atoms with Crippen LogP contribution in [0, 0.1) is 6.92 Å². The molecular weight excluding hydrogens is 282 g/mol. The molecule has 0 radical (unpaired) electrons. The number of esters is 1. The van der Waals surface area contributed by atoms with Gasteiger partial charge in [0, 0.05) is 12.6 Å². The minimum atomic E-state index is -0.498. The van der Waals surface area contributed by atoms with E-state index < -0.39 is 5.97 Å². The van der Waals surface area contributed by atoms with Crippen LogP contribution in [-0.4, -0.2) is 25.9 Å². The summed E-state index contributed by atoms with van der Waals surface area (Å²) in [6, 6.07) is 5.81. The molecule has 22 heavy (non-hydrogen) atoms. The Kier molecular flexibility index (Phi) is 7.75. The molecule has 1 rings (SSSR count). The summed E-state index contributed by atoms with van der Waals surface area (Å²) < 4.78 is 10.3. The Morgan fingerprint density at radius 3 is 2.77 bits per heavy atom. The molecule has 0 bridgehead atoms. The highest BCUT2D eigenvalue weighted by Gasteiger charge is 2.12. The summed E-state index contributed by atoms with van der Waals surface area (Å²) in [7, 11) is 1.32. The quantitative estimate of drug-likeness (QED) is 0.184. The van der Waals surface area contributed by atoms with Crippen molar-refractivity contribution in [3.05, 3.63) is 41.2 Å². The number of rotatable bonds is 8. The van der Waals surface area contributed by atoms with Gasteiger partial charge in [-0.2, -0.15) is 0 Å². The number of hydrogen-bond acceptors (Lipinski definition) is 5. The lowest BCUT2D eigenvalue weighted by molar-refractivity contribution is -0.138. The Hall–Kier alpha value is -2.30. The fraction of sp³-hybridized carbons (Fsp3) is 0.412. The predicted octanol–water partition coefficient (Wildman–Crippen LogP) is 3.41. The van der Waals surface area contributed by atoms with Gasteiger partial charge in [-0.25, -0.2) is 4.79 Å². The SMILES string of the molecule is CC=C(Oc1cc(CC=NOCCC)ccc1C)C(=O)OC. The summed E-state index contributed by atoms with van der Waals surface area (Å²) in [6.07, 6.45) is 4.85. The van der Waals surface area contributed by atoms with Gasteiger partial charge in [0.25, 0.3) is 0 Å². The molecule has 0 aliphatic rings. The van der Waals surface area contributed by atoms with E-state index in [9.17, 15) is 4.79 Å². The fourth-order valence-electron chi connectivity index (χ4n) is 1.66. The van der Waals surface area contributed by atoms with Crippen LogP contribution in [0.1, 0.15) is 31.4 Å². The number of nitrogens with zero attached hydrogens (tertiary/aromatic N) is 1. The number of aryl methyl sites for hydroxylation is 1. The van der Waals surface area contributed by atoms with Crippen molar-refractivity contribution in [3.63, 3.8) is 0 Å². The monoisotopic (exact) mass is 305 g/mol. The van der Waals surface area contributed by atoms with E-state index in [0.29, 0.717) is 18.8 Å². The number of oxime groups is 1. The second kappa shape index (κ2) is 9.60. The Morgan fingerprint density at radius 1 is 1.36 bits per heavy atom. The molecule has 0 spiro atoms. The third kappa shape index (κ3) is 5.60. The van der Waals surface area contributed by atoms with Crippen LogP contribution in [0.15, 0.2) is 35.2 Å². The maximum Gasteiger partial charge on any atom is 0.373 e. The number of allylic oxidation sites excluding steroid dienone is 1. The van der Waals surface area contributed by atoms with E-state index in [1.165, 1.54) is 7.11 Å². The molecule has 0 unspecified atom stereocenters. The zero-order chi connectivity index (χ0) is 16.4. The molecule has 1 aromatic carbocycles. The van der Waals surface area contributed by atoms with Gasteiger partial charge in [0.05, 0.1) is 7.11 Å². The Morgan fingerprint density at radius 2 is 2.14 bits per heavy atom. The smallest absolute Gasteiger partial charge is 0.373 e. The van der Waals surface area contributed by atoms with Crippen LogP contribution in [0.5, 0.6) is 5.75 Å². The van der Waals surface area contributed by atoms with E-state index in [2.05, 4.69) is 9.89 Å². The second-order valence-corrected chi connectivity index (χ2v) is 4.67. The number of carbonyl (C=O) groups excluding carboxylic acids is 1. The molecule has 0 saturated carbocycles. The van der Waals surface area contributed by atoms with Crippen molar-refractivity contribution in [2.45, 2.75) is 33.6 Å². The Labute approximate surface area is 131 Å². The summed E-state index contributed by atoms with van der Waals surface area (Å²) in [5.74, 6) is 0.295. The Bertz CT molecular complexity index is 550. The molecule has 0 aliphatic heterocycles. The number of benzene rings is 1. The van der Waals surface area contributed by atoms with Crippen LogP contribution >= 0.6 is 0 Å². The fourth-order valence-corrected chi connectivity index (χ4v) is 1.66. The highest BCUT2D eigenvalue weighted by molar-refractivity contribution is 5.86. The van der Waals surface area contributed by atoms with E-state index in [1.807, 2.05) is 32.0 Å². The topological polar surface area (TPSA) is 57.1 Å². The molecule has 0 saturated heterocycles. The van der Waals surface area contributed by atoms with Crippen LogP contribution < -0.4 is 4.74 Å². The summed E-state index contributed by atoms with van der Waals surface area (Å²) in [4.78, 5) is 16.6. The van der Waals surface area contributed by atoms with Gasteiger partial charge in [0.2, 0.25) is 5.76 Å². The maximum absolute atomic E-state index is 11.6. The van der Waals surface area contributed by atoms with Crippen molar-refractivity contribution in [1.82, 2.24) is 0 Å². The van der Waals surface area contributed by atoms with Crippen LogP contribution in [-0.2, 0) is 20.8 Å². The lowest BCUT2D eigenvalue weighted by atomic mass is 10.1. The van der Waals surface area contributed by atoms with Gasteiger partial charge in [-0.3, -0.25) is 0 Å². The molecule has 5 heteroatoms. The summed E-state index contributed by atoms with van der Waals surface area (Å²) >= 11 is 0. The molecule has 1 aromatic rings. The summed E-state index contributed by atoms with van der Waals surface area (Å²) in [5.41, 5.74) is 1.95. The van der Waals surface area contributed by atoms with Crippen molar-refractivity contribution in [1.29, 1.82) is 0 Å². The number of methoxy groups -OCH3 is 1. The van der Waals surface area contributed by atoms with Crippen LogP contribution in [0.25, 0.3) is 0 Å².